The Morgan fingerprint density at radius 1 is 1.33 bits per heavy atom. The predicted octanol–water partition coefficient (Wildman–Crippen LogP) is 4.14. The van der Waals surface area contributed by atoms with Gasteiger partial charge in [-0.05, 0) is 25.1 Å². The van der Waals surface area contributed by atoms with Crippen molar-refractivity contribution in [1.29, 1.82) is 0 Å². The van der Waals surface area contributed by atoms with Gasteiger partial charge in [-0.1, -0.05) is 22.0 Å². The van der Waals surface area contributed by atoms with Crippen molar-refractivity contribution in [2.45, 2.75) is 6.92 Å². The van der Waals surface area contributed by atoms with Crippen LogP contribution in [0, 0.1) is 5.82 Å². The highest BCUT2D eigenvalue weighted by Gasteiger charge is 2.16. The summed E-state index contributed by atoms with van der Waals surface area (Å²) in [4.78, 5) is 11.7. The van der Waals surface area contributed by atoms with Gasteiger partial charge in [0, 0.05) is 22.3 Å². The van der Waals surface area contributed by atoms with Gasteiger partial charge in [0.1, 0.15) is 5.75 Å². The summed E-state index contributed by atoms with van der Waals surface area (Å²) >= 11 is 3.30. The van der Waals surface area contributed by atoms with E-state index in [1.807, 2.05) is 6.07 Å². The second-order valence-corrected chi connectivity index (χ2v) is 5.07. The zero-order chi connectivity index (χ0) is 15.4. The first-order valence-electron chi connectivity index (χ1n) is 6.20. The molecule has 21 heavy (non-hydrogen) atoms. The van der Waals surface area contributed by atoms with E-state index < -0.39 is 11.8 Å². The van der Waals surface area contributed by atoms with Crippen molar-refractivity contribution >= 4 is 27.6 Å². The maximum absolute atomic E-state index is 13.9. The number of hydrogen-bond donors (Lipinski definition) is 1. The number of nitrogen functional groups attached to an aromatic ring is 1. The maximum Gasteiger partial charge on any atom is 0.340 e. The number of esters is 1. The second kappa shape index (κ2) is 6.58. The summed E-state index contributed by atoms with van der Waals surface area (Å²) in [5.41, 5.74) is 5.71. The molecule has 0 aliphatic heterocycles. The molecule has 0 aliphatic carbocycles. The molecule has 0 spiro atoms. The van der Waals surface area contributed by atoms with Crippen molar-refractivity contribution in [2.24, 2.45) is 0 Å². The van der Waals surface area contributed by atoms with Crippen molar-refractivity contribution in [3.63, 3.8) is 0 Å². The van der Waals surface area contributed by atoms with Gasteiger partial charge in [0.15, 0.2) is 11.6 Å². The van der Waals surface area contributed by atoms with E-state index in [0.29, 0.717) is 5.75 Å². The lowest BCUT2D eigenvalue weighted by Gasteiger charge is -2.11. The molecule has 0 saturated heterocycles. The summed E-state index contributed by atoms with van der Waals surface area (Å²) in [5.74, 6) is -0.928. The van der Waals surface area contributed by atoms with Gasteiger partial charge < -0.3 is 15.2 Å². The summed E-state index contributed by atoms with van der Waals surface area (Å²) in [6, 6.07) is 9.20. The number of benzene rings is 2. The fraction of sp³-hybridized carbons (Fsp3) is 0.133. The predicted molar refractivity (Wildman–Crippen MR) is 81.0 cm³/mol. The number of ether oxygens (including phenoxy) is 2. The lowest BCUT2D eigenvalue weighted by molar-refractivity contribution is 0.0527. The van der Waals surface area contributed by atoms with Crippen LogP contribution in [0.3, 0.4) is 0 Å². The Morgan fingerprint density at radius 2 is 2.10 bits per heavy atom. The van der Waals surface area contributed by atoms with Crippen LogP contribution in [0.15, 0.2) is 40.9 Å². The average Bonchev–Trinajstić information content (AvgIpc) is 2.42. The van der Waals surface area contributed by atoms with Crippen molar-refractivity contribution in [3.8, 4) is 11.5 Å². The van der Waals surface area contributed by atoms with Gasteiger partial charge in [-0.25, -0.2) is 9.18 Å². The third-order valence-corrected chi connectivity index (χ3v) is 3.12. The van der Waals surface area contributed by atoms with Crippen LogP contribution in [-0.4, -0.2) is 12.6 Å². The Labute approximate surface area is 129 Å². The van der Waals surface area contributed by atoms with Crippen LogP contribution in [0.1, 0.15) is 17.3 Å². The summed E-state index contributed by atoms with van der Waals surface area (Å²) in [7, 11) is 0. The zero-order valence-corrected chi connectivity index (χ0v) is 12.8. The van der Waals surface area contributed by atoms with E-state index in [1.54, 1.807) is 25.1 Å². The minimum atomic E-state index is -0.652. The molecule has 0 aromatic heterocycles. The molecule has 6 heteroatoms. The third kappa shape index (κ3) is 3.72. The number of anilines is 1. The van der Waals surface area contributed by atoms with Gasteiger partial charge in [0.2, 0.25) is 0 Å². The van der Waals surface area contributed by atoms with Crippen LogP contribution >= 0.6 is 15.9 Å². The van der Waals surface area contributed by atoms with Gasteiger partial charge in [-0.15, -0.1) is 0 Å². The minimum absolute atomic E-state index is 0.00698. The van der Waals surface area contributed by atoms with Gasteiger partial charge in [-0.3, -0.25) is 0 Å². The van der Waals surface area contributed by atoms with E-state index in [9.17, 15) is 9.18 Å². The number of nitrogens with two attached hydrogens (primary N) is 1. The van der Waals surface area contributed by atoms with Crippen molar-refractivity contribution < 1.29 is 18.7 Å². The second-order valence-electron chi connectivity index (χ2n) is 4.15. The summed E-state index contributed by atoms with van der Waals surface area (Å²) in [5, 5.41) is 0. The summed E-state index contributed by atoms with van der Waals surface area (Å²) in [6.07, 6.45) is 0. The van der Waals surface area contributed by atoms with E-state index in [0.717, 1.165) is 10.5 Å². The lowest BCUT2D eigenvalue weighted by atomic mass is 10.1. The maximum atomic E-state index is 13.9. The molecule has 0 saturated carbocycles. The molecule has 4 nitrogen and oxygen atoms in total. The van der Waals surface area contributed by atoms with Crippen LogP contribution in [0.25, 0.3) is 0 Å². The van der Waals surface area contributed by atoms with Gasteiger partial charge in [0.05, 0.1) is 12.2 Å². The summed E-state index contributed by atoms with van der Waals surface area (Å²) < 4.78 is 25.0. The number of carbonyl (C=O) groups excluding carboxylic acids is 1. The number of halogens is 2. The third-order valence-electron chi connectivity index (χ3n) is 2.62. The molecule has 2 aromatic rings. The molecule has 2 N–H and O–H groups in total. The monoisotopic (exact) mass is 353 g/mol. The topological polar surface area (TPSA) is 61.5 Å². The lowest BCUT2D eigenvalue weighted by Crippen LogP contribution is -2.09. The van der Waals surface area contributed by atoms with E-state index in [4.69, 9.17) is 15.2 Å². The van der Waals surface area contributed by atoms with Gasteiger partial charge >= 0.3 is 5.97 Å². The first-order valence-corrected chi connectivity index (χ1v) is 7.00. The number of hydrogen-bond acceptors (Lipinski definition) is 4. The fourth-order valence-electron chi connectivity index (χ4n) is 1.69. The first-order chi connectivity index (χ1) is 10.0. The van der Waals surface area contributed by atoms with Gasteiger partial charge in [-0.2, -0.15) is 0 Å². The highest BCUT2D eigenvalue weighted by molar-refractivity contribution is 9.10. The zero-order valence-electron chi connectivity index (χ0n) is 11.2. The van der Waals surface area contributed by atoms with Crippen LogP contribution in [0.5, 0.6) is 11.5 Å². The van der Waals surface area contributed by atoms with E-state index in [-0.39, 0.29) is 23.6 Å². The van der Waals surface area contributed by atoms with Gasteiger partial charge in [0.25, 0.3) is 0 Å². The molecule has 110 valence electrons. The van der Waals surface area contributed by atoms with E-state index >= 15 is 0 Å². The molecule has 0 fully saturated rings. The van der Waals surface area contributed by atoms with Crippen molar-refractivity contribution in [3.05, 3.63) is 52.3 Å². The molecule has 0 bridgehead atoms. The molecular weight excluding hydrogens is 341 g/mol. The highest BCUT2D eigenvalue weighted by atomic mass is 79.9. The smallest absolute Gasteiger partial charge is 0.340 e. The molecule has 0 atom stereocenters. The molecule has 0 amide bonds. The largest absolute Gasteiger partial charge is 0.462 e. The Kier molecular flexibility index (Phi) is 4.80. The van der Waals surface area contributed by atoms with Crippen LogP contribution in [-0.2, 0) is 4.74 Å². The summed E-state index contributed by atoms with van der Waals surface area (Å²) in [6.45, 7) is 1.88. The van der Waals surface area contributed by atoms with Crippen LogP contribution in [0.2, 0.25) is 0 Å². The fourth-order valence-corrected chi connectivity index (χ4v) is 2.07. The minimum Gasteiger partial charge on any atom is -0.462 e. The Hall–Kier alpha value is -2.08. The van der Waals surface area contributed by atoms with Crippen LogP contribution < -0.4 is 10.5 Å². The Bertz CT molecular complexity index is 676. The number of carbonyl (C=O) groups is 1. The van der Waals surface area contributed by atoms with Crippen LogP contribution in [0.4, 0.5) is 10.1 Å². The normalized spacial score (nSPS) is 10.2. The standard InChI is InChI=1S/C15H13BrFNO3/c1-2-20-15(19)11-7-14(12(17)8-13(11)18)21-10-5-3-4-9(16)6-10/h3-8H,2,18H2,1H3. The molecule has 0 radical (unpaired) electrons. The van der Waals surface area contributed by atoms with E-state index in [2.05, 4.69) is 15.9 Å². The Balaban J connectivity index is 2.35. The highest BCUT2D eigenvalue weighted by Crippen LogP contribution is 2.30. The average molecular weight is 354 g/mol. The molecule has 2 rings (SSSR count). The quantitative estimate of drug-likeness (QED) is 0.662. The van der Waals surface area contributed by atoms with Crippen molar-refractivity contribution in [1.82, 2.24) is 0 Å². The molecular formula is C15H13BrFNO3. The SMILES string of the molecule is CCOC(=O)c1cc(Oc2cccc(Br)c2)c(F)cc1N. The Morgan fingerprint density at radius 3 is 2.76 bits per heavy atom. The molecule has 0 unspecified atom stereocenters. The first kappa shape index (κ1) is 15.3. The number of rotatable bonds is 4. The molecule has 2 aromatic carbocycles. The van der Waals surface area contributed by atoms with Crippen molar-refractivity contribution in [2.75, 3.05) is 12.3 Å². The molecule has 0 aliphatic rings. The van der Waals surface area contributed by atoms with E-state index in [1.165, 1.54) is 6.07 Å². The molecule has 0 heterocycles.